The van der Waals surface area contributed by atoms with E-state index in [-0.39, 0.29) is 20.1 Å². The van der Waals surface area contributed by atoms with Gasteiger partial charge < -0.3 is 9.40 Å². The van der Waals surface area contributed by atoms with Crippen molar-refractivity contribution in [2.75, 3.05) is 0 Å². The van der Waals surface area contributed by atoms with Crippen molar-refractivity contribution in [3.63, 3.8) is 0 Å². The second kappa shape index (κ2) is 16.0. The molecule has 0 aliphatic heterocycles. The molecular formula is C49H44IrN4OSi-2. The van der Waals surface area contributed by atoms with E-state index in [0.717, 1.165) is 60.5 Å². The van der Waals surface area contributed by atoms with Gasteiger partial charge in [-0.2, -0.15) is 0 Å². The van der Waals surface area contributed by atoms with Gasteiger partial charge in [-0.1, -0.05) is 125 Å². The van der Waals surface area contributed by atoms with Crippen LogP contribution in [-0.4, -0.2) is 28.0 Å². The van der Waals surface area contributed by atoms with Gasteiger partial charge in [-0.15, -0.1) is 54.1 Å². The largest absolute Gasteiger partial charge is 0.500 e. The van der Waals surface area contributed by atoms with E-state index in [2.05, 4.69) is 142 Å². The van der Waals surface area contributed by atoms with Gasteiger partial charge in [-0.25, -0.2) is 0 Å². The van der Waals surface area contributed by atoms with Gasteiger partial charge in [0.05, 0.1) is 17.1 Å². The Hall–Kier alpha value is -5.33. The minimum Gasteiger partial charge on any atom is -0.500 e. The first kappa shape index (κ1) is 38.9. The zero-order valence-corrected chi connectivity index (χ0v) is 36.2. The standard InChI is InChI=1S/C36H29N2O.C13H15N2Si.Ir/c1-21(2)25-11-7-12-26(22(3)4)33(25)31-19-20-37-36(38-31)30-14-8-13-28-29-18-17-24-16-15-23-9-5-6-10-27(23)32(24)35(29)39-34(28)30;1-16(2,3)13-10-14-12(9-15-13)11-7-5-4-6-8-11;/h5-13,15-22H,1-4H3;4-7,9-10H,1-3H3;/q2*-1;. The summed E-state index contributed by atoms with van der Waals surface area (Å²) in [5.41, 5.74) is 9.08. The van der Waals surface area contributed by atoms with Crippen molar-refractivity contribution in [2.24, 2.45) is 0 Å². The van der Waals surface area contributed by atoms with Crippen molar-refractivity contribution in [1.82, 2.24) is 19.9 Å². The fourth-order valence-electron chi connectivity index (χ4n) is 7.33. The molecule has 7 heteroatoms. The predicted molar refractivity (Wildman–Crippen MR) is 231 cm³/mol. The van der Waals surface area contributed by atoms with Crippen LogP contribution in [0.1, 0.15) is 50.7 Å². The predicted octanol–water partition coefficient (Wildman–Crippen LogP) is 12.5. The monoisotopic (exact) mass is 925 g/mol. The zero-order chi connectivity index (χ0) is 38.3. The maximum absolute atomic E-state index is 6.72. The summed E-state index contributed by atoms with van der Waals surface area (Å²) in [5.74, 6) is 1.38. The molecule has 0 bridgehead atoms. The topological polar surface area (TPSA) is 64.7 Å². The molecule has 0 atom stereocenters. The normalized spacial score (nSPS) is 11.7. The number of benzene rings is 6. The number of hydrogen-bond acceptors (Lipinski definition) is 5. The van der Waals surface area contributed by atoms with E-state index in [0.29, 0.717) is 17.7 Å². The molecule has 281 valence electrons. The molecule has 56 heavy (non-hydrogen) atoms. The van der Waals surface area contributed by atoms with E-state index in [1.54, 1.807) is 0 Å². The number of aromatic nitrogens is 4. The molecule has 3 heterocycles. The number of fused-ring (bicyclic) bond motifs is 7. The third-order valence-electron chi connectivity index (χ3n) is 10.2. The van der Waals surface area contributed by atoms with E-state index < -0.39 is 8.07 Å². The van der Waals surface area contributed by atoms with Crippen molar-refractivity contribution >= 4 is 56.9 Å². The molecule has 0 aliphatic carbocycles. The molecule has 0 amide bonds. The van der Waals surface area contributed by atoms with Gasteiger partial charge in [-0.05, 0) is 45.2 Å². The van der Waals surface area contributed by atoms with Crippen LogP contribution in [0, 0.1) is 12.1 Å². The molecule has 5 nitrogen and oxygen atoms in total. The minimum atomic E-state index is -1.34. The van der Waals surface area contributed by atoms with Crippen LogP contribution in [0.25, 0.3) is 77.4 Å². The molecule has 0 saturated carbocycles. The number of furan rings is 1. The number of nitrogens with zero attached hydrogens (tertiary/aromatic N) is 4. The van der Waals surface area contributed by atoms with Crippen LogP contribution < -0.4 is 5.32 Å². The summed E-state index contributed by atoms with van der Waals surface area (Å²) in [6.07, 6.45) is 5.61. The molecule has 0 fully saturated rings. The van der Waals surface area contributed by atoms with Crippen molar-refractivity contribution < 1.29 is 24.5 Å². The molecule has 1 radical (unpaired) electrons. The summed E-state index contributed by atoms with van der Waals surface area (Å²) in [7, 11) is -1.34. The van der Waals surface area contributed by atoms with Crippen LogP contribution in [0.3, 0.4) is 0 Å². The molecule has 0 aliphatic rings. The quantitative estimate of drug-likeness (QED) is 0.0944. The minimum absolute atomic E-state index is 0. The van der Waals surface area contributed by atoms with E-state index in [1.807, 2.05) is 55.0 Å². The Morgan fingerprint density at radius 3 is 2.00 bits per heavy atom. The Balaban J connectivity index is 0.000000238. The molecule has 0 N–H and O–H groups in total. The van der Waals surface area contributed by atoms with E-state index in [9.17, 15) is 0 Å². The van der Waals surface area contributed by atoms with Crippen LogP contribution in [0.4, 0.5) is 0 Å². The van der Waals surface area contributed by atoms with Crippen LogP contribution in [0.2, 0.25) is 19.6 Å². The maximum Gasteiger partial charge on any atom is 0.129 e. The summed E-state index contributed by atoms with van der Waals surface area (Å²) in [5, 5.41) is 7.97. The summed E-state index contributed by atoms with van der Waals surface area (Å²) < 4.78 is 6.72. The molecule has 9 aromatic rings. The van der Waals surface area contributed by atoms with E-state index in [1.165, 1.54) is 27.5 Å². The summed E-state index contributed by atoms with van der Waals surface area (Å²) in [6, 6.07) is 44.2. The van der Waals surface area contributed by atoms with Crippen molar-refractivity contribution in [1.29, 1.82) is 0 Å². The third kappa shape index (κ3) is 7.47. The van der Waals surface area contributed by atoms with Crippen LogP contribution in [-0.2, 0) is 20.1 Å². The summed E-state index contributed by atoms with van der Waals surface area (Å²) >= 11 is 0. The third-order valence-corrected chi connectivity index (χ3v) is 12.0. The van der Waals surface area contributed by atoms with Gasteiger partial charge in [0.2, 0.25) is 0 Å². The number of hydrogen-bond donors (Lipinski definition) is 0. The molecule has 6 aromatic carbocycles. The summed E-state index contributed by atoms with van der Waals surface area (Å²) in [4.78, 5) is 18.8. The van der Waals surface area contributed by atoms with Crippen LogP contribution >= 0.6 is 0 Å². The first-order chi connectivity index (χ1) is 26.6. The van der Waals surface area contributed by atoms with Crippen molar-refractivity contribution in [3.05, 3.63) is 151 Å². The first-order valence-corrected chi connectivity index (χ1v) is 22.5. The van der Waals surface area contributed by atoms with Gasteiger partial charge in [0.1, 0.15) is 13.7 Å². The van der Waals surface area contributed by atoms with Gasteiger partial charge in [0.25, 0.3) is 0 Å². The Morgan fingerprint density at radius 1 is 0.589 bits per heavy atom. The van der Waals surface area contributed by atoms with Gasteiger partial charge >= 0.3 is 0 Å². The SMILES string of the molecule is CC(C)c1cccc(C(C)C)c1-c1ccnc(-c2[c-]ccc3c2oc2c3ccc3ccc4ccccc4c32)n1.C[Si](C)(C)c1cnc(-c2[c-]cccc2)cn1.[Ir]. The van der Waals surface area contributed by atoms with Crippen LogP contribution in [0.5, 0.6) is 0 Å². The molecule has 0 saturated heterocycles. The van der Waals surface area contributed by atoms with Crippen molar-refractivity contribution in [3.8, 4) is 33.9 Å². The molecular weight excluding hydrogens is 881 g/mol. The Bertz CT molecular complexity index is 2780. The Kier molecular flexibility index (Phi) is 11.1. The molecule has 3 aromatic heterocycles. The maximum atomic E-state index is 6.72. The Morgan fingerprint density at radius 2 is 1.30 bits per heavy atom. The average molecular weight is 925 g/mol. The second-order valence-electron chi connectivity index (χ2n) is 15.7. The Labute approximate surface area is 343 Å². The molecule has 9 rings (SSSR count). The van der Waals surface area contributed by atoms with Gasteiger partial charge in [-0.3, -0.25) is 15.0 Å². The zero-order valence-electron chi connectivity index (χ0n) is 32.8. The van der Waals surface area contributed by atoms with E-state index >= 15 is 0 Å². The fourth-order valence-corrected chi connectivity index (χ4v) is 8.23. The van der Waals surface area contributed by atoms with E-state index in [4.69, 9.17) is 14.4 Å². The summed E-state index contributed by atoms with van der Waals surface area (Å²) in [6.45, 7) is 15.8. The smallest absolute Gasteiger partial charge is 0.129 e. The first-order valence-electron chi connectivity index (χ1n) is 19.0. The second-order valence-corrected chi connectivity index (χ2v) is 20.7. The van der Waals surface area contributed by atoms with Gasteiger partial charge in [0, 0.05) is 66.0 Å². The molecule has 0 spiro atoms. The average Bonchev–Trinajstić information content (AvgIpc) is 3.60. The molecule has 0 unspecified atom stereocenters. The van der Waals surface area contributed by atoms with Crippen molar-refractivity contribution in [2.45, 2.75) is 59.2 Å². The van der Waals surface area contributed by atoms with Gasteiger partial charge in [0.15, 0.2) is 0 Å². The van der Waals surface area contributed by atoms with Crippen LogP contribution in [0.15, 0.2) is 132 Å². The number of rotatable bonds is 6. The fraction of sp³-hybridized carbons (Fsp3) is 0.184.